The number of halogens is 1. The van der Waals surface area contributed by atoms with Gasteiger partial charge in [0.15, 0.2) is 11.5 Å². The second-order valence-corrected chi connectivity index (χ2v) is 6.31. The van der Waals surface area contributed by atoms with E-state index >= 15 is 0 Å². The summed E-state index contributed by atoms with van der Waals surface area (Å²) in [6.07, 6.45) is 0. The van der Waals surface area contributed by atoms with Gasteiger partial charge in [0.2, 0.25) is 0 Å². The van der Waals surface area contributed by atoms with Crippen molar-refractivity contribution >= 4 is 23.4 Å². The lowest BCUT2D eigenvalue weighted by Gasteiger charge is -2.17. The molecule has 0 aliphatic heterocycles. The van der Waals surface area contributed by atoms with Gasteiger partial charge in [-0.3, -0.25) is 25.3 Å². The Kier molecular flexibility index (Phi) is 7.45. The number of rotatable bonds is 7. The van der Waals surface area contributed by atoms with E-state index in [1.807, 2.05) is 23.1 Å². The van der Waals surface area contributed by atoms with Crippen LogP contribution in [-0.2, 0) is 11.3 Å². The van der Waals surface area contributed by atoms with E-state index in [0.29, 0.717) is 28.6 Å². The van der Waals surface area contributed by atoms with Crippen molar-refractivity contribution in [2.45, 2.75) is 6.54 Å². The fourth-order valence-corrected chi connectivity index (χ4v) is 2.56. The maximum absolute atomic E-state index is 12.0. The number of amides is 2. The van der Waals surface area contributed by atoms with Crippen LogP contribution >= 0.6 is 11.6 Å². The Morgan fingerprint density at radius 1 is 1.00 bits per heavy atom. The molecule has 0 aromatic heterocycles. The first-order chi connectivity index (χ1) is 12.9. The van der Waals surface area contributed by atoms with Crippen LogP contribution in [0.1, 0.15) is 15.9 Å². The van der Waals surface area contributed by atoms with Gasteiger partial charge in [-0.05, 0) is 49.0 Å². The highest BCUT2D eigenvalue weighted by Gasteiger charge is 2.11. The lowest BCUT2D eigenvalue weighted by molar-refractivity contribution is -0.122. The second kappa shape index (κ2) is 9.80. The number of hydrogen-bond donors (Lipinski definition) is 2. The van der Waals surface area contributed by atoms with E-state index < -0.39 is 5.91 Å². The summed E-state index contributed by atoms with van der Waals surface area (Å²) in [4.78, 5) is 25.8. The highest BCUT2D eigenvalue weighted by atomic mass is 35.5. The Labute approximate surface area is 163 Å². The van der Waals surface area contributed by atoms with E-state index in [2.05, 4.69) is 10.9 Å². The molecule has 0 saturated heterocycles. The molecule has 0 saturated carbocycles. The number of nitrogens with zero attached hydrogens (tertiary/aromatic N) is 1. The number of ether oxygens (including phenoxy) is 2. The third-order valence-corrected chi connectivity index (χ3v) is 3.99. The highest BCUT2D eigenvalue weighted by molar-refractivity contribution is 6.30. The number of hydrazine groups is 1. The fraction of sp³-hybridized carbons (Fsp3) is 0.263. The molecule has 2 amide bonds. The first-order valence-corrected chi connectivity index (χ1v) is 8.55. The van der Waals surface area contributed by atoms with E-state index in [9.17, 15) is 9.59 Å². The van der Waals surface area contributed by atoms with Crippen molar-refractivity contribution in [2.75, 3.05) is 27.8 Å². The molecule has 0 fully saturated rings. The van der Waals surface area contributed by atoms with Crippen molar-refractivity contribution in [1.29, 1.82) is 0 Å². The minimum Gasteiger partial charge on any atom is -0.493 e. The number of carbonyl (C=O) groups is 2. The summed E-state index contributed by atoms with van der Waals surface area (Å²) in [5.74, 6) is 0.525. The normalized spacial score (nSPS) is 10.4. The fourth-order valence-electron chi connectivity index (χ4n) is 2.43. The number of likely N-dealkylation sites (N-methyl/N-ethyl adjacent to an activating group) is 1. The molecule has 0 atom stereocenters. The van der Waals surface area contributed by atoms with Gasteiger partial charge in [0.1, 0.15) is 0 Å². The number of nitrogens with one attached hydrogen (secondary N) is 2. The van der Waals surface area contributed by atoms with Crippen molar-refractivity contribution < 1.29 is 19.1 Å². The average molecular weight is 392 g/mol. The van der Waals surface area contributed by atoms with Gasteiger partial charge in [-0.25, -0.2) is 0 Å². The van der Waals surface area contributed by atoms with Gasteiger partial charge in [0.25, 0.3) is 11.8 Å². The minimum atomic E-state index is -0.414. The Balaban J connectivity index is 1.83. The van der Waals surface area contributed by atoms with Gasteiger partial charge in [-0.1, -0.05) is 17.7 Å². The summed E-state index contributed by atoms with van der Waals surface area (Å²) in [5.41, 5.74) is 6.14. The molecule has 0 aliphatic rings. The van der Waals surface area contributed by atoms with Gasteiger partial charge in [-0.2, -0.15) is 0 Å². The summed E-state index contributed by atoms with van der Waals surface area (Å²) < 4.78 is 10.5. The Hall–Kier alpha value is -2.77. The Bertz CT molecular complexity index is 796. The van der Waals surface area contributed by atoms with Crippen LogP contribution < -0.4 is 20.3 Å². The van der Waals surface area contributed by atoms with E-state index in [1.54, 1.807) is 45.5 Å². The Morgan fingerprint density at radius 2 is 1.67 bits per heavy atom. The quantitative estimate of drug-likeness (QED) is 0.708. The van der Waals surface area contributed by atoms with E-state index in [-0.39, 0.29) is 12.5 Å². The molecule has 2 aromatic carbocycles. The van der Waals surface area contributed by atoms with Crippen LogP contribution in [0.4, 0.5) is 0 Å². The first kappa shape index (κ1) is 20.5. The van der Waals surface area contributed by atoms with Gasteiger partial charge >= 0.3 is 0 Å². The molecule has 0 bridgehead atoms. The number of benzene rings is 2. The molecular weight excluding hydrogens is 370 g/mol. The topological polar surface area (TPSA) is 79.9 Å². The molecule has 27 heavy (non-hydrogen) atoms. The molecule has 8 heteroatoms. The smallest absolute Gasteiger partial charge is 0.269 e. The molecule has 0 heterocycles. The summed E-state index contributed by atoms with van der Waals surface area (Å²) >= 11 is 5.78. The van der Waals surface area contributed by atoms with Crippen LogP contribution in [0.25, 0.3) is 0 Å². The molecule has 0 radical (unpaired) electrons. The third-order valence-electron chi connectivity index (χ3n) is 3.74. The van der Waals surface area contributed by atoms with E-state index in [0.717, 1.165) is 5.56 Å². The zero-order valence-corrected chi connectivity index (χ0v) is 16.2. The van der Waals surface area contributed by atoms with Crippen LogP contribution in [0.5, 0.6) is 11.5 Å². The summed E-state index contributed by atoms with van der Waals surface area (Å²) in [6, 6.07) is 11.9. The van der Waals surface area contributed by atoms with Crippen LogP contribution in [-0.4, -0.2) is 44.5 Å². The minimum absolute atomic E-state index is 0.106. The molecule has 144 valence electrons. The van der Waals surface area contributed by atoms with Crippen molar-refractivity contribution in [2.24, 2.45) is 0 Å². The molecule has 2 N–H and O–H groups in total. The highest BCUT2D eigenvalue weighted by Crippen LogP contribution is 2.27. The summed E-state index contributed by atoms with van der Waals surface area (Å²) in [5, 5.41) is 0.535. The van der Waals surface area contributed by atoms with Gasteiger partial charge in [0.05, 0.1) is 20.8 Å². The lowest BCUT2D eigenvalue weighted by atomic mass is 10.2. The monoisotopic (exact) mass is 391 g/mol. The predicted octanol–water partition coefficient (Wildman–Crippen LogP) is 2.25. The van der Waals surface area contributed by atoms with Gasteiger partial charge < -0.3 is 9.47 Å². The van der Waals surface area contributed by atoms with Crippen LogP contribution in [0.2, 0.25) is 5.02 Å². The zero-order valence-electron chi connectivity index (χ0n) is 15.4. The Morgan fingerprint density at radius 3 is 2.30 bits per heavy atom. The zero-order chi connectivity index (χ0) is 19.8. The predicted molar refractivity (Wildman–Crippen MR) is 103 cm³/mol. The summed E-state index contributed by atoms with van der Waals surface area (Å²) in [7, 11) is 4.95. The van der Waals surface area contributed by atoms with Crippen molar-refractivity contribution in [3.05, 3.63) is 58.6 Å². The largest absolute Gasteiger partial charge is 0.493 e. The molecule has 2 rings (SSSR count). The summed E-state index contributed by atoms with van der Waals surface area (Å²) in [6.45, 7) is 0.633. The standard InChI is InChI=1S/C19H22ClN3O4/c1-23(11-13-4-9-16(26-2)17(10-13)27-3)12-18(24)21-22-19(25)14-5-7-15(20)8-6-14/h4-10H,11-12H2,1-3H3,(H,21,24)(H,22,25). The van der Waals surface area contributed by atoms with E-state index in [4.69, 9.17) is 21.1 Å². The van der Waals surface area contributed by atoms with Crippen LogP contribution in [0.3, 0.4) is 0 Å². The second-order valence-electron chi connectivity index (χ2n) is 5.87. The van der Waals surface area contributed by atoms with Crippen molar-refractivity contribution in [1.82, 2.24) is 15.8 Å². The molecule has 0 spiro atoms. The molecule has 0 aliphatic carbocycles. The van der Waals surface area contributed by atoms with Gasteiger partial charge in [-0.15, -0.1) is 0 Å². The lowest BCUT2D eigenvalue weighted by Crippen LogP contribution is -2.45. The number of methoxy groups -OCH3 is 2. The third kappa shape index (κ3) is 6.16. The first-order valence-electron chi connectivity index (χ1n) is 8.17. The average Bonchev–Trinajstić information content (AvgIpc) is 2.66. The molecule has 7 nitrogen and oxygen atoms in total. The SMILES string of the molecule is COc1ccc(CN(C)CC(=O)NNC(=O)c2ccc(Cl)cc2)cc1OC. The van der Waals surface area contributed by atoms with E-state index in [1.165, 1.54) is 0 Å². The molecular formula is C19H22ClN3O4. The maximum atomic E-state index is 12.0. The number of carbonyl (C=O) groups excluding carboxylic acids is 2. The van der Waals surface area contributed by atoms with Gasteiger partial charge in [0, 0.05) is 17.1 Å². The molecule has 2 aromatic rings. The number of hydrogen-bond acceptors (Lipinski definition) is 5. The maximum Gasteiger partial charge on any atom is 0.269 e. The van der Waals surface area contributed by atoms with Crippen LogP contribution in [0.15, 0.2) is 42.5 Å². The van der Waals surface area contributed by atoms with Crippen LogP contribution in [0, 0.1) is 0 Å². The van der Waals surface area contributed by atoms with Crippen molar-refractivity contribution in [3.8, 4) is 11.5 Å². The van der Waals surface area contributed by atoms with Crippen molar-refractivity contribution in [3.63, 3.8) is 0 Å². The molecule has 0 unspecified atom stereocenters.